The molecule has 0 heterocycles. The largest absolute Gasteiger partial charge is 0.495 e. The van der Waals surface area contributed by atoms with Crippen molar-refractivity contribution in [2.24, 2.45) is 0 Å². The van der Waals surface area contributed by atoms with Crippen molar-refractivity contribution in [3.05, 3.63) is 88.4 Å². The SMILES string of the molecule is COc1ccc(C)cc1S(=O)(=O)N[C@H](Cc1ccccc1)C(=O)Nc1ccc(Cl)cc1C. The lowest BCUT2D eigenvalue weighted by Crippen LogP contribution is -2.45. The Balaban J connectivity index is 1.93. The van der Waals surface area contributed by atoms with Crippen molar-refractivity contribution < 1.29 is 17.9 Å². The van der Waals surface area contributed by atoms with E-state index in [-0.39, 0.29) is 17.1 Å². The van der Waals surface area contributed by atoms with Crippen LogP contribution < -0.4 is 14.8 Å². The minimum atomic E-state index is -4.06. The molecule has 0 spiro atoms. The highest BCUT2D eigenvalue weighted by molar-refractivity contribution is 7.89. The number of carbonyl (C=O) groups is 1. The molecule has 0 aliphatic heterocycles. The number of methoxy groups -OCH3 is 1. The zero-order valence-corrected chi connectivity index (χ0v) is 19.6. The van der Waals surface area contributed by atoms with Gasteiger partial charge in [-0.25, -0.2) is 8.42 Å². The van der Waals surface area contributed by atoms with Crippen molar-refractivity contribution in [2.45, 2.75) is 31.2 Å². The summed E-state index contributed by atoms with van der Waals surface area (Å²) in [4.78, 5) is 13.2. The van der Waals surface area contributed by atoms with Crippen molar-refractivity contribution in [3.63, 3.8) is 0 Å². The van der Waals surface area contributed by atoms with Crippen molar-refractivity contribution in [3.8, 4) is 5.75 Å². The molecule has 168 valence electrons. The van der Waals surface area contributed by atoms with Gasteiger partial charge in [-0.3, -0.25) is 4.79 Å². The Labute approximate surface area is 193 Å². The maximum atomic E-state index is 13.2. The number of carbonyl (C=O) groups excluding carboxylic acids is 1. The number of amides is 1. The van der Waals surface area contributed by atoms with E-state index >= 15 is 0 Å². The number of anilines is 1. The van der Waals surface area contributed by atoms with Crippen LogP contribution in [0.4, 0.5) is 5.69 Å². The number of nitrogens with one attached hydrogen (secondary N) is 2. The van der Waals surface area contributed by atoms with Crippen LogP contribution >= 0.6 is 11.6 Å². The smallest absolute Gasteiger partial charge is 0.245 e. The highest BCUT2D eigenvalue weighted by Crippen LogP contribution is 2.25. The molecule has 32 heavy (non-hydrogen) atoms. The number of rotatable bonds is 8. The van der Waals surface area contributed by atoms with E-state index < -0.39 is 22.0 Å². The molecule has 2 N–H and O–H groups in total. The molecule has 0 saturated heterocycles. The number of halogens is 1. The van der Waals surface area contributed by atoms with E-state index in [4.69, 9.17) is 16.3 Å². The average molecular weight is 473 g/mol. The summed E-state index contributed by atoms with van der Waals surface area (Å²) in [7, 11) is -2.65. The molecule has 1 amide bonds. The van der Waals surface area contributed by atoms with E-state index in [0.717, 1.165) is 16.7 Å². The third-order valence-corrected chi connectivity index (χ3v) is 6.68. The summed E-state index contributed by atoms with van der Waals surface area (Å²) in [6, 6.07) is 18.1. The molecule has 0 aliphatic carbocycles. The summed E-state index contributed by atoms with van der Waals surface area (Å²) in [5.74, 6) is -0.273. The summed E-state index contributed by atoms with van der Waals surface area (Å²) in [6.45, 7) is 3.60. The lowest BCUT2D eigenvalue weighted by molar-refractivity contribution is -0.117. The highest BCUT2D eigenvalue weighted by Gasteiger charge is 2.28. The first-order chi connectivity index (χ1) is 15.2. The van der Waals surface area contributed by atoms with E-state index in [9.17, 15) is 13.2 Å². The molecule has 0 bridgehead atoms. The van der Waals surface area contributed by atoms with Gasteiger partial charge in [-0.2, -0.15) is 4.72 Å². The Morgan fingerprint density at radius 2 is 1.75 bits per heavy atom. The second kappa shape index (κ2) is 10.2. The molecular formula is C24H25ClN2O4S. The molecular weight excluding hydrogens is 448 g/mol. The Bertz CT molecular complexity index is 1210. The van der Waals surface area contributed by atoms with Crippen LogP contribution in [0.2, 0.25) is 5.02 Å². The molecule has 3 aromatic rings. The Hall–Kier alpha value is -2.87. The number of hydrogen-bond donors (Lipinski definition) is 2. The molecule has 3 aromatic carbocycles. The van der Waals surface area contributed by atoms with Crippen LogP contribution in [0.5, 0.6) is 5.75 Å². The normalized spacial score (nSPS) is 12.2. The Morgan fingerprint density at radius 1 is 1.03 bits per heavy atom. The van der Waals surface area contributed by atoms with Crippen LogP contribution in [0.1, 0.15) is 16.7 Å². The molecule has 0 radical (unpaired) electrons. The second-order valence-electron chi connectivity index (χ2n) is 7.47. The van der Waals surface area contributed by atoms with E-state index in [1.165, 1.54) is 13.2 Å². The van der Waals surface area contributed by atoms with Crippen molar-refractivity contribution in [1.29, 1.82) is 0 Å². The quantitative estimate of drug-likeness (QED) is 0.505. The van der Waals surface area contributed by atoms with Crippen molar-refractivity contribution in [1.82, 2.24) is 4.72 Å². The molecule has 0 fully saturated rings. The maximum Gasteiger partial charge on any atom is 0.245 e. The van der Waals surface area contributed by atoms with E-state index in [1.807, 2.05) is 37.3 Å². The first-order valence-corrected chi connectivity index (χ1v) is 11.8. The van der Waals surface area contributed by atoms with Gasteiger partial charge >= 0.3 is 0 Å². The van der Waals surface area contributed by atoms with Gasteiger partial charge < -0.3 is 10.1 Å². The average Bonchev–Trinajstić information content (AvgIpc) is 2.75. The minimum absolute atomic E-state index is 0.0199. The lowest BCUT2D eigenvalue weighted by Gasteiger charge is -2.20. The molecule has 0 aromatic heterocycles. The van der Waals surface area contributed by atoms with Crippen LogP contribution in [0.25, 0.3) is 0 Å². The lowest BCUT2D eigenvalue weighted by atomic mass is 10.1. The Kier molecular flexibility index (Phi) is 7.56. The number of hydrogen-bond acceptors (Lipinski definition) is 4. The number of sulfonamides is 1. The van der Waals surface area contributed by atoms with Crippen LogP contribution in [-0.4, -0.2) is 27.5 Å². The standard InChI is InChI=1S/C24H25ClN2O4S/c1-16-9-12-22(31-3)23(13-16)32(29,30)27-21(15-18-7-5-4-6-8-18)24(28)26-20-11-10-19(25)14-17(20)2/h4-14,21,27H,15H2,1-3H3,(H,26,28)/t21-/m1/s1. The third kappa shape index (κ3) is 5.88. The van der Waals surface area contributed by atoms with Crippen molar-refractivity contribution >= 4 is 33.2 Å². The molecule has 1 atom stereocenters. The molecule has 6 nitrogen and oxygen atoms in total. The van der Waals surface area contributed by atoms with Gasteiger partial charge in [0.1, 0.15) is 16.7 Å². The minimum Gasteiger partial charge on any atom is -0.495 e. The zero-order valence-electron chi connectivity index (χ0n) is 18.1. The fraction of sp³-hybridized carbons (Fsp3) is 0.208. The molecule has 0 saturated carbocycles. The van der Waals surface area contributed by atoms with Crippen LogP contribution in [0.15, 0.2) is 71.6 Å². The maximum absolute atomic E-state index is 13.2. The molecule has 3 rings (SSSR count). The second-order valence-corrected chi connectivity index (χ2v) is 9.59. The summed E-state index contributed by atoms with van der Waals surface area (Å²) in [6.07, 6.45) is 0.173. The fourth-order valence-corrected chi connectivity index (χ4v) is 4.95. The fourth-order valence-electron chi connectivity index (χ4n) is 3.27. The van der Waals surface area contributed by atoms with Gasteiger partial charge in [0.25, 0.3) is 0 Å². The van der Waals surface area contributed by atoms with E-state index in [2.05, 4.69) is 10.0 Å². The summed E-state index contributed by atoms with van der Waals surface area (Å²) >= 11 is 6.00. The van der Waals surface area contributed by atoms with Gasteiger partial charge in [0.15, 0.2) is 0 Å². The Morgan fingerprint density at radius 3 is 2.41 bits per heavy atom. The van der Waals surface area contributed by atoms with Gasteiger partial charge in [-0.05, 0) is 67.3 Å². The predicted molar refractivity (Wildman–Crippen MR) is 127 cm³/mol. The summed E-state index contributed by atoms with van der Waals surface area (Å²) < 4.78 is 34.3. The number of benzene rings is 3. The molecule has 0 aliphatic rings. The first kappa shape index (κ1) is 23.8. The zero-order chi connectivity index (χ0) is 23.3. The summed E-state index contributed by atoms with van der Waals surface area (Å²) in [5.41, 5.74) is 2.91. The number of ether oxygens (including phenoxy) is 1. The third-order valence-electron chi connectivity index (χ3n) is 4.95. The van der Waals surface area contributed by atoms with E-state index in [0.29, 0.717) is 10.7 Å². The highest BCUT2D eigenvalue weighted by atomic mass is 35.5. The topological polar surface area (TPSA) is 84.5 Å². The van der Waals surface area contributed by atoms with Gasteiger partial charge in [0.05, 0.1) is 7.11 Å². The number of aryl methyl sites for hydroxylation is 2. The van der Waals surface area contributed by atoms with Crippen LogP contribution in [0.3, 0.4) is 0 Å². The van der Waals surface area contributed by atoms with Gasteiger partial charge in [-0.15, -0.1) is 0 Å². The predicted octanol–water partition coefficient (Wildman–Crippen LogP) is 4.49. The van der Waals surface area contributed by atoms with Crippen LogP contribution in [-0.2, 0) is 21.2 Å². The monoisotopic (exact) mass is 472 g/mol. The van der Waals surface area contributed by atoms with Crippen molar-refractivity contribution in [2.75, 3.05) is 12.4 Å². The summed E-state index contributed by atoms with van der Waals surface area (Å²) in [5, 5.41) is 3.37. The van der Waals surface area contributed by atoms with Crippen LogP contribution in [0, 0.1) is 13.8 Å². The molecule has 8 heteroatoms. The molecule has 0 unspecified atom stereocenters. The van der Waals surface area contributed by atoms with Gasteiger partial charge in [0.2, 0.25) is 15.9 Å². The van der Waals surface area contributed by atoms with Gasteiger partial charge in [0, 0.05) is 10.7 Å². The first-order valence-electron chi connectivity index (χ1n) is 9.97. The van der Waals surface area contributed by atoms with Gasteiger partial charge in [-0.1, -0.05) is 48.0 Å². The van der Waals surface area contributed by atoms with E-state index in [1.54, 1.807) is 37.3 Å².